The Morgan fingerprint density at radius 2 is 1.77 bits per heavy atom. The highest BCUT2D eigenvalue weighted by Gasteiger charge is 2.12. The molecule has 0 atom stereocenters. The summed E-state index contributed by atoms with van der Waals surface area (Å²) in [6.07, 6.45) is 2.68. The van der Waals surface area contributed by atoms with E-state index < -0.39 is 0 Å². The molecule has 0 unspecified atom stereocenters. The monoisotopic (exact) mass is 345 g/mol. The first kappa shape index (κ1) is 17.7. The van der Waals surface area contributed by atoms with Crippen LogP contribution >= 0.6 is 0 Å². The second-order valence-corrected chi connectivity index (χ2v) is 6.21. The number of hydrogen-bond donors (Lipinski definition) is 1. The number of carbonyl (C=O) groups excluding carboxylic acids is 1. The molecule has 0 aliphatic heterocycles. The van der Waals surface area contributed by atoms with Crippen LogP contribution in [0.3, 0.4) is 0 Å². The highest BCUT2D eigenvalue weighted by atomic mass is 16.2. The summed E-state index contributed by atoms with van der Waals surface area (Å²) >= 11 is 0. The van der Waals surface area contributed by atoms with E-state index >= 15 is 0 Å². The van der Waals surface area contributed by atoms with E-state index in [1.54, 1.807) is 18.3 Å². The van der Waals surface area contributed by atoms with Crippen LogP contribution in [-0.2, 0) is 6.42 Å². The van der Waals surface area contributed by atoms with Crippen molar-refractivity contribution in [3.63, 3.8) is 0 Å². The van der Waals surface area contributed by atoms with Gasteiger partial charge in [0.15, 0.2) is 0 Å². The summed E-state index contributed by atoms with van der Waals surface area (Å²) in [7, 11) is 0. The van der Waals surface area contributed by atoms with Crippen molar-refractivity contribution in [2.24, 2.45) is 5.10 Å². The third kappa shape index (κ3) is 3.59. The van der Waals surface area contributed by atoms with Gasteiger partial charge in [0.05, 0.1) is 6.21 Å². The average molecular weight is 345 g/mol. The summed E-state index contributed by atoms with van der Waals surface area (Å²) in [5, 5.41) is 4.13. The number of nitrogens with one attached hydrogen (secondary N) is 1. The van der Waals surface area contributed by atoms with Crippen LogP contribution in [0.5, 0.6) is 0 Å². The SMILES string of the molecule is CCc1ccccc1-n1c(C)cc(/C=N/NC(=O)c2ccccc2)c1C. The zero-order valence-electron chi connectivity index (χ0n) is 15.4. The fourth-order valence-electron chi connectivity index (χ4n) is 3.13. The maximum absolute atomic E-state index is 12.1. The molecule has 0 saturated carbocycles. The van der Waals surface area contributed by atoms with Gasteiger partial charge in [0, 0.05) is 28.2 Å². The zero-order chi connectivity index (χ0) is 18.5. The standard InChI is InChI=1S/C22H23N3O/c1-4-18-10-8-9-13-21(18)25-16(2)14-20(17(25)3)15-23-24-22(26)19-11-6-5-7-12-19/h5-15H,4H2,1-3H3,(H,24,26)/b23-15+. The number of carbonyl (C=O) groups is 1. The fourth-order valence-corrected chi connectivity index (χ4v) is 3.13. The Balaban J connectivity index is 1.83. The number of benzene rings is 2. The second-order valence-electron chi connectivity index (χ2n) is 6.21. The van der Waals surface area contributed by atoms with E-state index in [0.29, 0.717) is 5.56 Å². The molecule has 132 valence electrons. The predicted octanol–water partition coefficient (Wildman–Crippen LogP) is 4.42. The lowest BCUT2D eigenvalue weighted by Gasteiger charge is -2.13. The predicted molar refractivity (Wildman–Crippen MR) is 106 cm³/mol. The molecule has 1 heterocycles. The van der Waals surface area contributed by atoms with Crippen molar-refractivity contribution in [1.82, 2.24) is 9.99 Å². The third-order valence-corrected chi connectivity index (χ3v) is 4.49. The van der Waals surface area contributed by atoms with Gasteiger partial charge in [-0.15, -0.1) is 0 Å². The quantitative estimate of drug-likeness (QED) is 0.540. The van der Waals surface area contributed by atoms with Crippen LogP contribution in [-0.4, -0.2) is 16.7 Å². The van der Waals surface area contributed by atoms with E-state index in [1.807, 2.05) is 18.2 Å². The Bertz CT molecular complexity index is 939. The second kappa shape index (κ2) is 7.83. The molecule has 0 bridgehead atoms. The molecule has 1 aromatic heterocycles. The van der Waals surface area contributed by atoms with E-state index in [9.17, 15) is 4.79 Å². The Morgan fingerprint density at radius 3 is 2.50 bits per heavy atom. The lowest BCUT2D eigenvalue weighted by molar-refractivity contribution is 0.0955. The molecule has 0 fully saturated rings. The van der Waals surface area contributed by atoms with Crippen LogP contribution < -0.4 is 5.43 Å². The number of nitrogens with zero attached hydrogens (tertiary/aromatic N) is 2. The Hall–Kier alpha value is -3.14. The first-order valence-electron chi connectivity index (χ1n) is 8.77. The number of aromatic nitrogens is 1. The molecule has 1 N–H and O–H groups in total. The molecule has 0 radical (unpaired) electrons. The number of hydrazone groups is 1. The summed E-state index contributed by atoms with van der Waals surface area (Å²) in [5.74, 6) is -0.216. The van der Waals surface area contributed by atoms with E-state index in [0.717, 1.165) is 23.4 Å². The van der Waals surface area contributed by atoms with E-state index in [2.05, 4.69) is 66.2 Å². The largest absolute Gasteiger partial charge is 0.318 e. The summed E-state index contributed by atoms with van der Waals surface area (Å²) in [6.45, 7) is 6.31. The molecule has 0 aliphatic carbocycles. The minimum absolute atomic E-state index is 0.216. The highest BCUT2D eigenvalue weighted by Crippen LogP contribution is 2.23. The molecule has 26 heavy (non-hydrogen) atoms. The molecule has 2 aromatic carbocycles. The molecule has 0 spiro atoms. The first-order valence-corrected chi connectivity index (χ1v) is 8.77. The molecule has 0 aliphatic rings. The molecule has 3 aromatic rings. The van der Waals surface area contributed by atoms with E-state index in [-0.39, 0.29) is 5.91 Å². The normalized spacial score (nSPS) is 11.0. The van der Waals surface area contributed by atoms with Crippen molar-refractivity contribution >= 4 is 12.1 Å². The molecule has 4 heteroatoms. The number of aryl methyl sites for hydroxylation is 2. The molecular formula is C22H23N3O. The topological polar surface area (TPSA) is 46.4 Å². The highest BCUT2D eigenvalue weighted by molar-refractivity contribution is 5.94. The van der Waals surface area contributed by atoms with Gasteiger partial charge in [-0.2, -0.15) is 5.10 Å². The van der Waals surface area contributed by atoms with Crippen LogP contribution in [0.2, 0.25) is 0 Å². The van der Waals surface area contributed by atoms with Crippen molar-refractivity contribution in [2.45, 2.75) is 27.2 Å². The van der Waals surface area contributed by atoms with Gasteiger partial charge in [-0.05, 0) is 50.1 Å². The van der Waals surface area contributed by atoms with Crippen LogP contribution in [0, 0.1) is 13.8 Å². The van der Waals surface area contributed by atoms with Crippen molar-refractivity contribution in [1.29, 1.82) is 0 Å². The minimum Gasteiger partial charge on any atom is -0.318 e. The van der Waals surface area contributed by atoms with Gasteiger partial charge in [0.25, 0.3) is 5.91 Å². The van der Waals surface area contributed by atoms with Crippen molar-refractivity contribution < 1.29 is 4.79 Å². The van der Waals surface area contributed by atoms with Gasteiger partial charge in [-0.3, -0.25) is 4.79 Å². The minimum atomic E-state index is -0.216. The lowest BCUT2D eigenvalue weighted by Crippen LogP contribution is -2.17. The first-order chi connectivity index (χ1) is 12.6. The van der Waals surface area contributed by atoms with E-state index in [4.69, 9.17) is 0 Å². The Labute approximate surface area is 154 Å². The van der Waals surface area contributed by atoms with Gasteiger partial charge in [-0.25, -0.2) is 5.43 Å². The maximum atomic E-state index is 12.1. The van der Waals surface area contributed by atoms with Crippen LogP contribution in [0.1, 0.15) is 39.8 Å². The van der Waals surface area contributed by atoms with Gasteiger partial charge in [0.1, 0.15) is 0 Å². The molecular weight excluding hydrogens is 322 g/mol. The van der Waals surface area contributed by atoms with Crippen molar-refractivity contribution in [2.75, 3.05) is 0 Å². The summed E-state index contributed by atoms with van der Waals surface area (Å²) in [5.41, 5.74) is 8.89. The average Bonchev–Trinajstić information content (AvgIpc) is 2.95. The Kier molecular flexibility index (Phi) is 5.32. The fraction of sp³-hybridized carbons (Fsp3) is 0.182. The summed E-state index contributed by atoms with van der Waals surface area (Å²) in [6, 6.07) is 19.6. The van der Waals surface area contributed by atoms with Crippen LogP contribution in [0.15, 0.2) is 65.8 Å². The van der Waals surface area contributed by atoms with Gasteiger partial charge in [-0.1, -0.05) is 43.3 Å². The maximum Gasteiger partial charge on any atom is 0.271 e. The molecule has 0 saturated heterocycles. The zero-order valence-corrected chi connectivity index (χ0v) is 15.4. The molecule has 1 amide bonds. The lowest BCUT2D eigenvalue weighted by atomic mass is 10.1. The van der Waals surface area contributed by atoms with Gasteiger partial charge < -0.3 is 4.57 Å². The van der Waals surface area contributed by atoms with E-state index in [1.165, 1.54) is 11.3 Å². The smallest absolute Gasteiger partial charge is 0.271 e. The van der Waals surface area contributed by atoms with Crippen LogP contribution in [0.25, 0.3) is 5.69 Å². The third-order valence-electron chi connectivity index (χ3n) is 4.49. The molecule has 3 rings (SSSR count). The van der Waals surface area contributed by atoms with Crippen molar-refractivity contribution in [3.8, 4) is 5.69 Å². The number of rotatable bonds is 5. The molecule has 4 nitrogen and oxygen atoms in total. The van der Waals surface area contributed by atoms with Crippen molar-refractivity contribution in [3.05, 3.63) is 88.7 Å². The number of hydrogen-bond acceptors (Lipinski definition) is 2. The Morgan fingerprint density at radius 1 is 1.08 bits per heavy atom. The number of amides is 1. The van der Waals surface area contributed by atoms with Crippen LogP contribution in [0.4, 0.5) is 0 Å². The summed E-state index contributed by atoms with van der Waals surface area (Å²) in [4.78, 5) is 12.1. The van der Waals surface area contributed by atoms with Gasteiger partial charge in [0.2, 0.25) is 0 Å². The summed E-state index contributed by atoms with van der Waals surface area (Å²) < 4.78 is 2.24. The number of para-hydroxylation sites is 1. The van der Waals surface area contributed by atoms with Gasteiger partial charge >= 0.3 is 0 Å².